The minimum Gasteiger partial charge on any atom is -0.493 e. The van der Waals surface area contributed by atoms with Gasteiger partial charge in [-0.2, -0.15) is 4.68 Å². The maximum Gasteiger partial charge on any atom is 0.214 e. The van der Waals surface area contributed by atoms with Crippen molar-refractivity contribution in [1.29, 1.82) is 0 Å². The van der Waals surface area contributed by atoms with Gasteiger partial charge in [0.1, 0.15) is 12.4 Å². The van der Waals surface area contributed by atoms with Crippen molar-refractivity contribution >= 4 is 35.0 Å². The average molecular weight is 534 g/mol. The molecule has 0 saturated carbocycles. The summed E-state index contributed by atoms with van der Waals surface area (Å²) in [5.41, 5.74) is 2.09. The highest BCUT2D eigenvalue weighted by Gasteiger charge is 2.15. The fourth-order valence-corrected chi connectivity index (χ4v) is 4.57. The van der Waals surface area contributed by atoms with Gasteiger partial charge in [0, 0.05) is 24.4 Å². The number of benzene rings is 3. The fourth-order valence-electron chi connectivity index (χ4n) is 3.28. The molecule has 1 aromatic heterocycles. The summed E-state index contributed by atoms with van der Waals surface area (Å²) in [6, 6.07) is 17.8. The van der Waals surface area contributed by atoms with Gasteiger partial charge in [0.25, 0.3) is 0 Å². The maximum absolute atomic E-state index is 14.1. The zero-order chi connectivity index (χ0) is 24.6. The molecule has 4 rings (SSSR count). The molecule has 1 heterocycles. The monoisotopic (exact) mass is 533 g/mol. The van der Waals surface area contributed by atoms with Crippen LogP contribution in [0.1, 0.15) is 11.1 Å². The number of tetrazole rings is 1. The summed E-state index contributed by atoms with van der Waals surface area (Å²) in [7, 11) is 1.53. The molecule has 1 N–H and O–H groups in total. The third-order valence-corrected chi connectivity index (χ3v) is 6.55. The fraction of sp³-hybridized carbons (Fsp3) is 0.208. The number of ether oxygens (including phenoxy) is 2. The number of hydrogen-bond donors (Lipinski definition) is 1. The topological polar surface area (TPSA) is 74.1 Å². The van der Waals surface area contributed by atoms with Gasteiger partial charge in [-0.25, -0.2) is 4.39 Å². The lowest BCUT2D eigenvalue weighted by atomic mass is 10.2. The molecule has 0 spiro atoms. The molecule has 0 aliphatic heterocycles. The smallest absolute Gasteiger partial charge is 0.214 e. The molecule has 0 fully saturated rings. The highest BCUT2D eigenvalue weighted by molar-refractivity contribution is 7.99. The van der Waals surface area contributed by atoms with E-state index in [0.717, 1.165) is 28.7 Å². The highest BCUT2D eigenvalue weighted by atomic mass is 35.5. The van der Waals surface area contributed by atoms with Crippen LogP contribution in [0.15, 0.2) is 65.8 Å². The molecule has 0 aliphatic rings. The van der Waals surface area contributed by atoms with E-state index in [1.165, 1.54) is 13.2 Å². The van der Waals surface area contributed by atoms with Crippen LogP contribution in [0, 0.1) is 5.82 Å². The molecule has 3 aromatic carbocycles. The van der Waals surface area contributed by atoms with Gasteiger partial charge in [0.05, 0.1) is 22.8 Å². The number of thioether (sulfide) groups is 1. The van der Waals surface area contributed by atoms with E-state index in [9.17, 15) is 4.39 Å². The average Bonchev–Trinajstić information content (AvgIpc) is 3.33. The van der Waals surface area contributed by atoms with Gasteiger partial charge in [-0.05, 0) is 52.4 Å². The van der Waals surface area contributed by atoms with Crippen LogP contribution < -0.4 is 14.8 Å². The molecule has 0 amide bonds. The van der Waals surface area contributed by atoms with E-state index in [4.69, 9.17) is 32.7 Å². The Morgan fingerprint density at radius 2 is 1.89 bits per heavy atom. The van der Waals surface area contributed by atoms with Crippen molar-refractivity contribution in [3.05, 3.63) is 87.7 Å². The van der Waals surface area contributed by atoms with Gasteiger partial charge in [-0.15, -0.1) is 5.10 Å². The molecule has 4 aromatic rings. The summed E-state index contributed by atoms with van der Waals surface area (Å²) < 4.78 is 27.0. The number of nitrogens with one attached hydrogen (secondary N) is 1. The Morgan fingerprint density at radius 3 is 2.66 bits per heavy atom. The third kappa shape index (κ3) is 6.43. The Kier molecular flexibility index (Phi) is 8.81. The molecule has 35 heavy (non-hydrogen) atoms. The van der Waals surface area contributed by atoms with Crippen LogP contribution in [0.5, 0.6) is 11.5 Å². The SMILES string of the molecule is COc1cc(CNCCSc2nnnn2-c2ccccc2)cc(Cl)c1OCc1c(F)cccc1Cl. The Hall–Kier alpha value is -2.85. The van der Waals surface area contributed by atoms with Crippen LogP contribution in [0.2, 0.25) is 10.0 Å². The first-order valence-corrected chi connectivity index (χ1v) is 12.4. The van der Waals surface area contributed by atoms with E-state index in [2.05, 4.69) is 20.8 Å². The van der Waals surface area contributed by atoms with Crippen LogP contribution >= 0.6 is 35.0 Å². The normalized spacial score (nSPS) is 11.0. The minimum atomic E-state index is -0.441. The van der Waals surface area contributed by atoms with Crippen molar-refractivity contribution in [2.24, 2.45) is 0 Å². The van der Waals surface area contributed by atoms with Crippen LogP contribution in [-0.2, 0) is 13.2 Å². The molecule has 0 bridgehead atoms. The number of para-hydroxylation sites is 1. The Bertz CT molecular complexity index is 1260. The van der Waals surface area contributed by atoms with Crippen molar-refractivity contribution < 1.29 is 13.9 Å². The molecule has 0 saturated heterocycles. The lowest BCUT2D eigenvalue weighted by Gasteiger charge is -2.15. The first-order chi connectivity index (χ1) is 17.1. The van der Waals surface area contributed by atoms with E-state index in [0.29, 0.717) is 23.1 Å². The van der Waals surface area contributed by atoms with Crippen LogP contribution in [-0.4, -0.2) is 39.6 Å². The Morgan fingerprint density at radius 1 is 1.06 bits per heavy atom. The number of methoxy groups -OCH3 is 1. The highest BCUT2D eigenvalue weighted by Crippen LogP contribution is 2.37. The summed E-state index contributed by atoms with van der Waals surface area (Å²) in [4.78, 5) is 0. The van der Waals surface area contributed by atoms with Gasteiger partial charge >= 0.3 is 0 Å². The van der Waals surface area contributed by atoms with Crippen molar-refractivity contribution in [2.45, 2.75) is 18.3 Å². The van der Waals surface area contributed by atoms with Gasteiger partial charge in [0.2, 0.25) is 5.16 Å². The second-order valence-electron chi connectivity index (χ2n) is 7.33. The predicted molar refractivity (Wildman–Crippen MR) is 135 cm³/mol. The molecule has 11 heteroatoms. The number of aromatic nitrogens is 4. The van der Waals surface area contributed by atoms with E-state index in [-0.39, 0.29) is 17.2 Å². The second-order valence-corrected chi connectivity index (χ2v) is 9.21. The third-order valence-electron chi connectivity index (χ3n) is 4.99. The number of halogens is 3. The quantitative estimate of drug-likeness (QED) is 0.199. The second kappa shape index (κ2) is 12.2. The number of hydrogen-bond acceptors (Lipinski definition) is 7. The zero-order valence-electron chi connectivity index (χ0n) is 18.7. The van der Waals surface area contributed by atoms with Crippen molar-refractivity contribution in [3.63, 3.8) is 0 Å². The Labute approximate surface area is 216 Å². The summed E-state index contributed by atoms with van der Waals surface area (Å²) >= 11 is 14.1. The van der Waals surface area contributed by atoms with Gasteiger partial charge < -0.3 is 14.8 Å². The molecule has 0 aliphatic carbocycles. The van der Waals surface area contributed by atoms with Gasteiger partial charge in [-0.3, -0.25) is 0 Å². The van der Waals surface area contributed by atoms with Crippen molar-refractivity contribution in [2.75, 3.05) is 19.4 Å². The lowest BCUT2D eigenvalue weighted by Crippen LogP contribution is -2.17. The van der Waals surface area contributed by atoms with E-state index in [1.54, 1.807) is 34.6 Å². The van der Waals surface area contributed by atoms with Gasteiger partial charge in [-0.1, -0.05) is 59.2 Å². The molecule has 0 atom stereocenters. The van der Waals surface area contributed by atoms with Gasteiger partial charge in [0.15, 0.2) is 11.5 Å². The molecule has 0 unspecified atom stereocenters. The van der Waals surface area contributed by atoms with Crippen molar-refractivity contribution in [3.8, 4) is 17.2 Å². The molecule has 7 nitrogen and oxygen atoms in total. The molecule has 0 radical (unpaired) electrons. The molecule has 182 valence electrons. The molecular weight excluding hydrogens is 512 g/mol. The summed E-state index contributed by atoms with van der Waals surface area (Å²) in [5, 5.41) is 16.7. The first kappa shape index (κ1) is 25.2. The van der Waals surface area contributed by atoms with E-state index >= 15 is 0 Å². The summed E-state index contributed by atoms with van der Waals surface area (Å²) in [5.74, 6) is 1.12. The first-order valence-electron chi connectivity index (χ1n) is 10.7. The van der Waals surface area contributed by atoms with Crippen LogP contribution in [0.4, 0.5) is 4.39 Å². The lowest BCUT2D eigenvalue weighted by molar-refractivity contribution is 0.280. The standard InChI is InChI=1S/C24H22Cl2FN5O2S/c1-33-22-13-16(12-20(26)23(22)34-15-18-19(25)8-5-9-21(18)27)14-28-10-11-35-24-29-30-31-32(24)17-6-3-2-4-7-17/h2-9,12-13,28H,10-11,14-15H2,1H3. The number of rotatable bonds is 11. The van der Waals surface area contributed by atoms with Crippen LogP contribution in [0.25, 0.3) is 5.69 Å². The summed E-state index contributed by atoms with van der Waals surface area (Å²) in [6.45, 7) is 1.22. The van der Waals surface area contributed by atoms with E-state index < -0.39 is 5.82 Å². The van der Waals surface area contributed by atoms with Crippen LogP contribution in [0.3, 0.4) is 0 Å². The maximum atomic E-state index is 14.1. The van der Waals surface area contributed by atoms with Crippen molar-refractivity contribution in [1.82, 2.24) is 25.5 Å². The molecular formula is C24H22Cl2FN5O2S. The summed E-state index contributed by atoms with van der Waals surface area (Å²) in [6.07, 6.45) is 0. The zero-order valence-corrected chi connectivity index (χ0v) is 21.1. The minimum absolute atomic E-state index is 0.0706. The predicted octanol–water partition coefficient (Wildman–Crippen LogP) is 5.58. The Balaban J connectivity index is 1.31. The van der Waals surface area contributed by atoms with E-state index in [1.807, 2.05) is 36.4 Å². The number of nitrogens with zero attached hydrogens (tertiary/aromatic N) is 4. The largest absolute Gasteiger partial charge is 0.493 e.